The van der Waals surface area contributed by atoms with Gasteiger partial charge in [-0.05, 0) is 48.0 Å². The van der Waals surface area contributed by atoms with Gasteiger partial charge in [0.15, 0.2) is 0 Å². The maximum absolute atomic E-state index is 12.1. The van der Waals surface area contributed by atoms with E-state index in [9.17, 15) is 14.4 Å². The lowest BCUT2D eigenvalue weighted by molar-refractivity contribution is -0.156. The predicted octanol–water partition coefficient (Wildman–Crippen LogP) is 2.64. The number of nitrogens with zero attached hydrogens (tertiary/aromatic N) is 1. The maximum atomic E-state index is 12.1. The van der Waals surface area contributed by atoms with Crippen LogP contribution in [0.4, 0.5) is 4.79 Å². The van der Waals surface area contributed by atoms with Crippen molar-refractivity contribution >= 4 is 18.0 Å². The molecule has 1 aliphatic rings. The summed E-state index contributed by atoms with van der Waals surface area (Å²) in [5, 5.41) is 0. The van der Waals surface area contributed by atoms with E-state index >= 15 is 0 Å². The molecule has 6 heteroatoms. The van der Waals surface area contributed by atoms with Gasteiger partial charge in [0.05, 0.1) is 12.5 Å². The van der Waals surface area contributed by atoms with Gasteiger partial charge in [-0.25, -0.2) is 9.69 Å². The lowest BCUT2D eigenvalue weighted by Gasteiger charge is -2.27. The highest BCUT2D eigenvalue weighted by Crippen LogP contribution is 2.25. The van der Waals surface area contributed by atoms with Gasteiger partial charge >= 0.3 is 12.1 Å². The number of esters is 1. The largest absolute Gasteiger partial charge is 0.460 e. The number of hydrogen-bond donors (Lipinski definition) is 0. The van der Waals surface area contributed by atoms with Gasteiger partial charge < -0.3 is 9.47 Å². The van der Waals surface area contributed by atoms with Crippen LogP contribution in [0.5, 0.6) is 0 Å². The maximum Gasteiger partial charge on any atom is 0.417 e. The molecule has 0 aliphatic carbocycles. The van der Waals surface area contributed by atoms with Crippen molar-refractivity contribution in [1.82, 2.24) is 4.90 Å². The van der Waals surface area contributed by atoms with Crippen LogP contribution >= 0.6 is 0 Å². The first-order valence-corrected chi connectivity index (χ1v) is 7.16. The normalized spacial score (nSPS) is 19.6. The number of likely N-dealkylation sites (tertiary alicyclic amines) is 1. The Morgan fingerprint density at radius 1 is 1.10 bits per heavy atom. The molecule has 1 saturated heterocycles. The molecule has 1 atom stereocenters. The van der Waals surface area contributed by atoms with Crippen molar-refractivity contribution in [3.05, 3.63) is 0 Å². The quantitative estimate of drug-likeness (QED) is 0.733. The molecule has 1 aliphatic heterocycles. The number of carbonyl (C=O) groups excluding carboxylic acids is 3. The third kappa shape index (κ3) is 5.73. The summed E-state index contributed by atoms with van der Waals surface area (Å²) in [7, 11) is 0. The van der Waals surface area contributed by atoms with Crippen molar-refractivity contribution in [1.29, 1.82) is 0 Å². The molecule has 21 heavy (non-hydrogen) atoms. The van der Waals surface area contributed by atoms with Crippen molar-refractivity contribution in [2.24, 2.45) is 0 Å². The van der Waals surface area contributed by atoms with E-state index in [1.54, 1.807) is 41.5 Å². The van der Waals surface area contributed by atoms with Crippen LogP contribution in [0.1, 0.15) is 60.8 Å². The Kier molecular flexibility index (Phi) is 5.02. The number of amides is 2. The van der Waals surface area contributed by atoms with Gasteiger partial charge in [0, 0.05) is 6.42 Å². The van der Waals surface area contributed by atoms with Crippen LogP contribution in [0.3, 0.4) is 0 Å². The van der Waals surface area contributed by atoms with E-state index in [1.165, 1.54) is 0 Å². The van der Waals surface area contributed by atoms with Crippen molar-refractivity contribution in [2.75, 3.05) is 0 Å². The van der Waals surface area contributed by atoms with Crippen molar-refractivity contribution in [3.63, 3.8) is 0 Å². The number of hydrogen-bond acceptors (Lipinski definition) is 5. The zero-order valence-corrected chi connectivity index (χ0v) is 13.7. The van der Waals surface area contributed by atoms with Crippen molar-refractivity contribution in [3.8, 4) is 0 Å². The zero-order valence-electron chi connectivity index (χ0n) is 13.7. The summed E-state index contributed by atoms with van der Waals surface area (Å²) in [6, 6.07) is -0.484. The fraction of sp³-hybridized carbons (Fsp3) is 0.800. The second kappa shape index (κ2) is 6.03. The second-order valence-corrected chi connectivity index (χ2v) is 7.23. The van der Waals surface area contributed by atoms with Gasteiger partial charge in [0.2, 0.25) is 5.91 Å². The summed E-state index contributed by atoms with van der Waals surface area (Å²) in [4.78, 5) is 36.8. The van der Waals surface area contributed by atoms with Crippen LogP contribution in [0.2, 0.25) is 0 Å². The topological polar surface area (TPSA) is 72.9 Å². The van der Waals surface area contributed by atoms with Gasteiger partial charge in [-0.1, -0.05) is 0 Å². The molecule has 6 nitrogen and oxygen atoms in total. The van der Waals surface area contributed by atoms with Crippen LogP contribution < -0.4 is 0 Å². The van der Waals surface area contributed by atoms with Crippen molar-refractivity contribution in [2.45, 2.75) is 78.0 Å². The van der Waals surface area contributed by atoms with E-state index in [-0.39, 0.29) is 18.7 Å². The first-order chi connectivity index (χ1) is 9.39. The van der Waals surface area contributed by atoms with E-state index < -0.39 is 29.3 Å². The lowest BCUT2D eigenvalue weighted by atomic mass is 10.1. The predicted molar refractivity (Wildman–Crippen MR) is 76.6 cm³/mol. The minimum Gasteiger partial charge on any atom is -0.460 e. The van der Waals surface area contributed by atoms with Gasteiger partial charge in [0.25, 0.3) is 0 Å². The fourth-order valence-electron chi connectivity index (χ4n) is 2.07. The molecule has 120 valence electrons. The molecule has 1 heterocycles. The summed E-state index contributed by atoms with van der Waals surface area (Å²) in [5.74, 6) is -0.728. The Morgan fingerprint density at radius 3 is 2.10 bits per heavy atom. The monoisotopic (exact) mass is 299 g/mol. The second-order valence-electron chi connectivity index (χ2n) is 7.23. The van der Waals surface area contributed by atoms with E-state index in [1.807, 2.05) is 0 Å². The Labute approximate surface area is 125 Å². The molecule has 0 saturated carbocycles. The molecule has 2 amide bonds. The Bertz CT molecular complexity index is 430. The van der Waals surface area contributed by atoms with E-state index in [4.69, 9.17) is 9.47 Å². The number of imide groups is 1. The fourth-order valence-corrected chi connectivity index (χ4v) is 2.07. The SMILES string of the molecule is CC(C)(C)OC(=O)C[C@@H]1CCC(=O)N1C(=O)OC(C)(C)C. The Morgan fingerprint density at radius 2 is 1.62 bits per heavy atom. The average Bonchev–Trinajstić information content (AvgIpc) is 2.53. The smallest absolute Gasteiger partial charge is 0.417 e. The standard InChI is InChI=1S/C15H25NO5/c1-14(2,3)20-12(18)9-10-7-8-11(17)16(10)13(19)21-15(4,5)6/h10H,7-9H2,1-6H3/t10-/m0/s1. The first-order valence-electron chi connectivity index (χ1n) is 7.16. The zero-order chi connectivity index (χ0) is 16.4. The highest BCUT2D eigenvalue weighted by atomic mass is 16.6. The molecule has 0 aromatic carbocycles. The first kappa shape index (κ1) is 17.5. The summed E-state index contributed by atoms with van der Waals surface area (Å²) in [6.07, 6.45) is 0.00489. The van der Waals surface area contributed by atoms with Gasteiger partial charge in [0.1, 0.15) is 11.2 Å². The summed E-state index contributed by atoms with van der Waals surface area (Å²) >= 11 is 0. The van der Waals surface area contributed by atoms with Crippen LogP contribution in [-0.4, -0.2) is 40.1 Å². The summed E-state index contributed by atoms with van der Waals surface area (Å²) in [6.45, 7) is 10.5. The molecule has 0 aromatic rings. The highest BCUT2D eigenvalue weighted by molar-refractivity contribution is 5.94. The molecule has 0 aromatic heterocycles. The molecule has 1 rings (SSSR count). The van der Waals surface area contributed by atoms with E-state index in [0.29, 0.717) is 6.42 Å². The Hall–Kier alpha value is -1.59. The number of rotatable bonds is 2. The summed E-state index contributed by atoms with van der Waals surface area (Å²) < 4.78 is 10.5. The molecular weight excluding hydrogens is 274 g/mol. The van der Waals surface area contributed by atoms with Crippen LogP contribution in [0.25, 0.3) is 0 Å². The third-order valence-electron chi connectivity index (χ3n) is 2.74. The van der Waals surface area contributed by atoms with Crippen molar-refractivity contribution < 1.29 is 23.9 Å². The van der Waals surface area contributed by atoms with E-state index in [0.717, 1.165) is 4.90 Å². The van der Waals surface area contributed by atoms with Gasteiger partial charge in [-0.3, -0.25) is 9.59 Å². The molecule has 0 N–H and O–H groups in total. The number of carbonyl (C=O) groups is 3. The van der Waals surface area contributed by atoms with E-state index in [2.05, 4.69) is 0 Å². The average molecular weight is 299 g/mol. The van der Waals surface area contributed by atoms with Gasteiger partial charge in [-0.2, -0.15) is 0 Å². The lowest BCUT2D eigenvalue weighted by Crippen LogP contribution is -2.43. The molecule has 1 fully saturated rings. The number of ether oxygens (including phenoxy) is 2. The van der Waals surface area contributed by atoms with Crippen LogP contribution in [0.15, 0.2) is 0 Å². The summed E-state index contributed by atoms with van der Waals surface area (Å²) in [5.41, 5.74) is -1.27. The molecule has 0 bridgehead atoms. The van der Waals surface area contributed by atoms with Crippen LogP contribution in [-0.2, 0) is 19.1 Å². The Balaban J connectivity index is 2.71. The molecule has 0 unspecified atom stereocenters. The molecular formula is C15H25NO5. The molecule has 0 spiro atoms. The third-order valence-corrected chi connectivity index (χ3v) is 2.74. The minimum absolute atomic E-state index is 0.00223. The highest BCUT2D eigenvalue weighted by Gasteiger charge is 2.40. The van der Waals surface area contributed by atoms with Gasteiger partial charge in [-0.15, -0.1) is 0 Å². The minimum atomic E-state index is -0.696. The molecule has 0 radical (unpaired) electrons. The van der Waals surface area contributed by atoms with Crippen LogP contribution in [0, 0.1) is 0 Å².